The predicted octanol–water partition coefficient (Wildman–Crippen LogP) is 16.2. The molecule has 13 rings (SSSR count). The Bertz CT molecular complexity index is 3960. The van der Waals surface area contributed by atoms with Gasteiger partial charge in [-0.3, -0.25) is 0 Å². The fourth-order valence-electron chi connectivity index (χ4n) is 11.0. The third-order valence-corrected chi connectivity index (χ3v) is 14.5. The van der Waals surface area contributed by atoms with Gasteiger partial charge in [0.1, 0.15) is 11.2 Å². The number of fused-ring (bicyclic) bond motifs is 9. The summed E-state index contributed by atoms with van der Waals surface area (Å²) in [7, 11) is 0. The summed E-state index contributed by atoms with van der Waals surface area (Å²) >= 11 is 0. The van der Waals surface area contributed by atoms with Crippen LogP contribution in [0.1, 0.15) is 51.7 Å². The van der Waals surface area contributed by atoms with Crippen LogP contribution >= 0.6 is 0 Å². The standard InChI is InChI=1S/C61H46N4O/c1-60(2)32-33-61(3,4)50-36-53-48(35-49(50)60)44-23-9-11-27-51(44)65(53)52-31-30-46(42-21-7-8-22-43(42)52)59-63-57(62-58(64-59)45-26-14-17-37-16-5-6-20-40(37)45)39-19-13-18-38(34-39)41-25-15-29-55-56(41)47-24-10-12-28-54(47)66-55/h5-31,34-36H,32-33H2,1-4H3. The number of para-hydroxylation sites is 2. The normalized spacial score (nSPS) is 14.5. The summed E-state index contributed by atoms with van der Waals surface area (Å²) in [5, 5.41) is 9.19. The first kappa shape index (κ1) is 38.6. The molecule has 5 nitrogen and oxygen atoms in total. The number of aromatic nitrogens is 4. The van der Waals surface area contributed by atoms with E-state index in [4.69, 9.17) is 19.4 Å². The molecule has 0 unspecified atom stereocenters. The molecule has 0 bridgehead atoms. The van der Waals surface area contributed by atoms with Crippen LogP contribution in [0, 0.1) is 0 Å². The Balaban J connectivity index is 1.03. The molecule has 0 amide bonds. The Kier molecular flexibility index (Phi) is 8.36. The maximum atomic E-state index is 6.31. The molecule has 316 valence electrons. The largest absolute Gasteiger partial charge is 0.456 e. The van der Waals surface area contributed by atoms with Gasteiger partial charge in [0.2, 0.25) is 0 Å². The van der Waals surface area contributed by atoms with Crippen molar-refractivity contribution < 1.29 is 4.42 Å². The summed E-state index contributed by atoms with van der Waals surface area (Å²) in [6, 6.07) is 65.0. The molecule has 0 saturated carbocycles. The SMILES string of the molecule is CC1(C)CCC(C)(C)c2cc3c(cc21)c1ccccc1n3-c1ccc(-c2nc(-c3cccc(-c4cccc5oc6ccccc6c45)c3)nc(-c3cccc4ccccc34)n2)c2ccccc12. The average molecular weight is 851 g/mol. The molecule has 1 aliphatic carbocycles. The number of hydrogen-bond donors (Lipinski definition) is 0. The van der Waals surface area contributed by atoms with Gasteiger partial charge in [0.05, 0.1) is 16.7 Å². The molecule has 0 atom stereocenters. The van der Waals surface area contributed by atoms with Gasteiger partial charge in [0, 0.05) is 43.6 Å². The zero-order valence-corrected chi connectivity index (χ0v) is 37.4. The van der Waals surface area contributed by atoms with Gasteiger partial charge in [-0.15, -0.1) is 0 Å². The third-order valence-electron chi connectivity index (χ3n) is 14.5. The van der Waals surface area contributed by atoms with Crippen molar-refractivity contribution in [1.82, 2.24) is 19.5 Å². The lowest BCUT2D eigenvalue weighted by molar-refractivity contribution is 0.332. The minimum absolute atomic E-state index is 0.0743. The minimum Gasteiger partial charge on any atom is -0.456 e. The van der Waals surface area contributed by atoms with Crippen LogP contribution in [0.25, 0.3) is 116 Å². The van der Waals surface area contributed by atoms with Crippen molar-refractivity contribution in [3.8, 4) is 51.0 Å². The molecule has 0 aliphatic heterocycles. The minimum atomic E-state index is 0.0743. The van der Waals surface area contributed by atoms with E-state index in [9.17, 15) is 0 Å². The second-order valence-corrected chi connectivity index (χ2v) is 19.4. The molecule has 0 radical (unpaired) electrons. The third kappa shape index (κ3) is 5.89. The molecular weight excluding hydrogens is 805 g/mol. The Morgan fingerprint density at radius 3 is 1.80 bits per heavy atom. The van der Waals surface area contributed by atoms with E-state index in [-0.39, 0.29) is 10.8 Å². The van der Waals surface area contributed by atoms with Crippen LogP contribution in [0.4, 0.5) is 0 Å². The van der Waals surface area contributed by atoms with Gasteiger partial charge in [0.25, 0.3) is 0 Å². The number of hydrogen-bond acceptors (Lipinski definition) is 4. The first-order chi connectivity index (χ1) is 32.2. The highest BCUT2D eigenvalue weighted by Crippen LogP contribution is 2.49. The molecule has 3 aromatic heterocycles. The summed E-state index contributed by atoms with van der Waals surface area (Å²) in [5.41, 5.74) is 13.4. The van der Waals surface area contributed by atoms with Crippen LogP contribution in [0.15, 0.2) is 186 Å². The number of nitrogens with zero attached hydrogens (tertiary/aromatic N) is 4. The summed E-state index contributed by atoms with van der Waals surface area (Å²) < 4.78 is 8.80. The van der Waals surface area contributed by atoms with Crippen molar-refractivity contribution in [2.45, 2.75) is 51.4 Å². The fourth-order valence-corrected chi connectivity index (χ4v) is 11.0. The monoisotopic (exact) mass is 850 g/mol. The average Bonchev–Trinajstić information content (AvgIpc) is 3.90. The zero-order valence-electron chi connectivity index (χ0n) is 37.4. The lowest BCUT2D eigenvalue weighted by Crippen LogP contribution is -2.33. The summed E-state index contributed by atoms with van der Waals surface area (Å²) in [6.45, 7) is 9.65. The second kappa shape index (κ2) is 14.3. The molecule has 9 aromatic carbocycles. The van der Waals surface area contributed by atoms with E-state index in [1.165, 1.54) is 39.4 Å². The summed E-state index contributed by atoms with van der Waals surface area (Å²) in [5.74, 6) is 1.87. The summed E-state index contributed by atoms with van der Waals surface area (Å²) in [6.07, 6.45) is 2.34. The van der Waals surface area contributed by atoms with Crippen LogP contribution in [-0.2, 0) is 10.8 Å². The van der Waals surface area contributed by atoms with E-state index >= 15 is 0 Å². The molecular formula is C61H46N4O. The van der Waals surface area contributed by atoms with E-state index in [1.807, 2.05) is 18.2 Å². The van der Waals surface area contributed by atoms with Gasteiger partial charge in [0.15, 0.2) is 17.5 Å². The molecule has 5 heteroatoms. The first-order valence-electron chi connectivity index (χ1n) is 23.1. The van der Waals surface area contributed by atoms with Gasteiger partial charge in [-0.05, 0) is 111 Å². The van der Waals surface area contributed by atoms with E-state index in [0.717, 1.165) is 83.4 Å². The van der Waals surface area contributed by atoms with Crippen LogP contribution < -0.4 is 0 Å². The van der Waals surface area contributed by atoms with Gasteiger partial charge in [-0.2, -0.15) is 0 Å². The number of furan rings is 1. The van der Waals surface area contributed by atoms with Crippen molar-refractivity contribution in [2.24, 2.45) is 0 Å². The van der Waals surface area contributed by atoms with Crippen LogP contribution in [0.2, 0.25) is 0 Å². The Morgan fingerprint density at radius 2 is 0.985 bits per heavy atom. The highest BCUT2D eigenvalue weighted by Gasteiger charge is 2.38. The van der Waals surface area contributed by atoms with Crippen molar-refractivity contribution in [3.63, 3.8) is 0 Å². The molecule has 0 N–H and O–H groups in total. The summed E-state index contributed by atoms with van der Waals surface area (Å²) in [4.78, 5) is 16.1. The lowest BCUT2D eigenvalue weighted by atomic mass is 9.63. The molecule has 12 aromatic rings. The van der Waals surface area contributed by atoms with Gasteiger partial charge in [-0.1, -0.05) is 161 Å². The highest BCUT2D eigenvalue weighted by atomic mass is 16.3. The topological polar surface area (TPSA) is 56.7 Å². The van der Waals surface area contributed by atoms with Crippen molar-refractivity contribution >= 4 is 65.3 Å². The van der Waals surface area contributed by atoms with Crippen molar-refractivity contribution in [3.05, 3.63) is 193 Å². The van der Waals surface area contributed by atoms with Gasteiger partial charge < -0.3 is 8.98 Å². The van der Waals surface area contributed by atoms with Crippen molar-refractivity contribution in [2.75, 3.05) is 0 Å². The van der Waals surface area contributed by atoms with E-state index in [0.29, 0.717) is 17.5 Å². The second-order valence-electron chi connectivity index (χ2n) is 19.4. The Morgan fingerprint density at radius 1 is 0.409 bits per heavy atom. The molecule has 1 aliphatic rings. The molecule has 0 fully saturated rings. The van der Waals surface area contributed by atoms with Crippen LogP contribution in [0.3, 0.4) is 0 Å². The fraction of sp³-hybridized carbons (Fsp3) is 0.131. The molecule has 0 spiro atoms. The predicted molar refractivity (Wildman–Crippen MR) is 273 cm³/mol. The maximum Gasteiger partial charge on any atom is 0.164 e. The number of rotatable bonds is 5. The highest BCUT2D eigenvalue weighted by molar-refractivity contribution is 6.13. The smallest absolute Gasteiger partial charge is 0.164 e. The maximum absolute atomic E-state index is 6.31. The van der Waals surface area contributed by atoms with Crippen molar-refractivity contribution in [1.29, 1.82) is 0 Å². The van der Waals surface area contributed by atoms with E-state index < -0.39 is 0 Å². The number of benzene rings is 9. The molecule has 0 saturated heterocycles. The van der Waals surface area contributed by atoms with Gasteiger partial charge in [-0.25, -0.2) is 15.0 Å². The van der Waals surface area contributed by atoms with E-state index in [1.54, 1.807) is 0 Å². The zero-order chi connectivity index (χ0) is 44.3. The van der Waals surface area contributed by atoms with Gasteiger partial charge >= 0.3 is 0 Å². The first-order valence-corrected chi connectivity index (χ1v) is 23.1. The van der Waals surface area contributed by atoms with E-state index in [2.05, 4.69) is 196 Å². The quantitative estimate of drug-likeness (QED) is 0.173. The van der Waals surface area contributed by atoms with Crippen LogP contribution in [0.5, 0.6) is 0 Å². The Hall–Kier alpha value is -7.89. The molecule has 3 heterocycles. The van der Waals surface area contributed by atoms with Crippen LogP contribution in [-0.4, -0.2) is 19.5 Å². The molecule has 66 heavy (non-hydrogen) atoms. The Labute approximate surface area is 383 Å². The lowest BCUT2D eigenvalue weighted by Gasteiger charge is -2.42.